The van der Waals surface area contributed by atoms with Gasteiger partial charge in [0.05, 0.1) is 26.4 Å². The van der Waals surface area contributed by atoms with Crippen LogP contribution in [0, 0.1) is 0 Å². The number of hydrogen-bond donors (Lipinski definition) is 2. The molecule has 1 rings (SSSR count). The molecule has 0 aromatic rings. The van der Waals surface area contributed by atoms with Crippen LogP contribution in [0.2, 0.25) is 0 Å². The van der Waals surface area contributed by atoms with Crippen LogP contribution < -0.4 is 0 Å². The first-order valence-electron chi connectivity index (χ1n) is 4.51. The van der Waals surface area contributed by atoms with Crippen LogP contribution in [0.1, 0.15) is 6.42 Å². The molecule has 0 saturated carbocycles. The van der Waals surface area contributed by atoms with Crippen LogP contribution in [-0.2, 0) is 9.57 Å². The maximum Gasteiger partial charge on any atom is 0.131 e. The molecule has 0 amide bonds. The molecular weight excluding hydrogens is 185 g/mol. The van der Waals surface area contributed by atoms with Crippen molar-refractivity contribution in [2.75, 3.05) is 27.3 Å². The van der Waals surface area contributed by atoms with E-state index in [9.17, 15) is 10.2 Å². The van der Waals surface area contributed by atoms with Gasteiger partial charge in [0.1, 0.15) is 13.4 Å². The lowest BCUT2D eigenvalue weighted by molar-refractivity contribution is -0.184. The fourth-order valence-corrected chi connectivity index (χ4v) is 1.64. The standard InChI is InChI=1S/C8H16BNO4/c1-10(13-2)4-8(5-11)6(12)3-7(9)14-8/h6-7,11-12H,3-5H2,1-2H3/t6?,7-,8-/m1/s1. The predicted octanol–water partition coefficient (Wildman–Crippen LogP) is -1.51. The number of rotatable bonds is 4. The van der Waals surface area contributed by atoms with Crippen LogP contribution in [0.4, 0.5) is 0 Å². The summed E-state index contributed by atoms with van der Waals surface area (Å²) in [6, 6.07) is -0.526. The summed E-state index contributed by atoms with van der Waals surface area (Å²) in [5, 5.41) is 20.4. The lowest BCUT2D eigenvalue weighted by Gasteiger charge is -2.33. The Morgan fingerprint density at radius 2 is 2.36 bits per heavy atom. The molecule has 2 radical (unpaired) electrons. The minimum atomic E-state index is -1.02. The second-order valence-corrected chi connectivity index (χ2v) is 3.60. The van der Waals surface area contributed by atoms with Crippen LogP contribution in [0.15, 0.2) is 0 Å². The zero-order chi connectivity index (χ0) is 10.8. The van der Waals surface area contributed by atoms with Gasteiger partial charge in [0.15, 0.2) is 0 Å². The zero-order valence-corrected chi connectivity index (χ0v) is 8.51. The van der Waals surface area contributed by atoms with Gasteiger partial charge in [-0.05, 0) is 6.42 Å². The fourth-order valence-electron chi connectivity index (χ4n) is 1.64. The second-order valence-electron chi connectivity index (χ2n) is 3.60. The molecule has 0 spiro atoms. The number of ether oxygens (including phenoxy) is 1. The first kappa shape index (κ1) is 11.9. The van der Waals surface area contributed by atoms with Gasteiger partial charge in [0.25, 0.3) is 0 Å². The van der Waals surface area contributed by atoms with E-state index in [1.165, 1.54) is 12.2 Å². The van der Waals surface area contributed by atoms with Crippen molar-refractivity contribution >= 4 is 7.85 Å². The SMILES string of the molecule is [B][C@H]1CC(O)[C@](CO)(CN(C)OC)O1. The molecule has 1 aliphatic rings. The molecular formula is C8H16BNO4. The molecule has 3 atom stereocenters. The predicted molar refractivity (Wildman–Crippen MR) is 50.7 cm³/mol. The first-order chi connectivity index (χ1) is 6.54. The molecule has 0 bridgehead atoms. The molecule has 1 aliphatic heterocycles. The van der Waals surface area contributed by atoms with Crippen molar-refractivity contribution < 1.29 is 19.8 Å². The molecule has 1 heterocycles. The van der Waals surface area contributed by atoms with Gasteiger partial charge in [-0.2, -0.15) is 5.06 Å². The van der Waals surface area contributed by atoms with Crippen molar-refractivity contribution in [3.05, 3.63) is 0 Å². The summed E-state index contributed by atoms with van der Waals surface area (Å²) in [7, 11) is 8.74. The van der Waals surface area contributed by atoms with Crippen molar-refractivity contribution in [2.45, 2.75) is 24.1 Å². The Morgan fingerprint density at radius 1 is 1.71 bits per heavy atom. The van der Waals surface area contributed by atoms with E-state index in [0.29, 0.717) is 6.42 Å². The molecule has 0 aromatic carbocycles. The Morgan fingerprint density at radius 3 is 2.71 bits per heavy atom. The molecule has 0 aliphatic carbocycles. The summed E-state index contributed by atoms with van der Waals surface area (Å²) in [4.78, 5) is 4.91. The summed E-state index contributed by atoms with van der Waals surface area (Å²) in [5.74, 6) is 0. The van der Waals surface area contributed by atoms with Crippen molar-refractivity contribution in [3.8, 4) is 0 Å². The number of aliphatic hydroxyl groups excluding tert-OH is 2. The van der Waals surface area contributed by atoms with E-state index < -0.39 is 17.7 Å². The van der Waals surface area contributed by atoms with E-state index in [4.69, 9.17) is 17.4 Å². The average Bonchev–Trinajstić information content (AvgIpc) is 2.42. The van der Waals surface area contributed by atoms with Crippen LogP contribution in [0.3, 0.4) is 0 Å². The van der Waals surface area contributed by atoms with Crippen LogP contribution in [0.25, 0.3) is 0 Å². The Balaban J connectivity index is 2.66. The van der Waals surface area contributed by atoms with E-state index in [0.717, 1.165) is 0 Å². The molecule has 1 unspecified atom stereocenters. The fraction of sp³-hybridized carbons (Fsp3) is 1.00. The summed E-state index contributed by atoms with van der Waals surface area (Å²) < 4.78 is 5.34. The van der Waals surface area contributed by atoms with Gasteiger partial charge in [-0.15, -0.1) is 0 Å². The summed E-state index contributed by atoms with van der Waals surface area (Å²) in [6.07, 6.45) is -0.432. The third-order valence-corrected chi connectivity index (χ3v) is 2.52. The maximum absolute atomic E-state index is 9.71. The van der Waals surface area contributed by atoms with Gasteiger partial charge in [-0.3, -0.25) is 0 Å². The Hall–Kier alpha value is -0.135. The maximum atomic E-state index is 9.71. The van der Waals surface area contributed by atoms with Crippen molar-refractivity contribution in [2.24, 2.45) is 0 Å². The zero-order valence-electron chi connectivity index (χ0n) is 8.51. The van der Waals surface area contributed by atoms with Crippen LogP contribution in [-0.4, -0.2) is 68.1 Å². The van der Waals surface area contributed by atoms with Gasteiger partial charge in [0, 0.05) is 13.1 Å². The lowest BCUT2D eigenvalue weighted by atomic mass is 9.92. The third-order valence-electron chi connectivity index (χ3n) is 2.52. The van der Waals surface area contributed by atoms with Gasteiger partial charge < -0.3 is 19.8 Å². The number of hydroxylamine groups is 2. The minimum Gasteiger partial charge on any atom is -0.393 e. The summed E-state index contributed by atoms with van der Waals surface area (Å²) in [6.45, 7) is -0.00949. The molecule has 14 heavy (non-hydrogen) atoms. The van der Waals surface area contributed by atoms with Crippen molar-refractivity contribution in [1.82, 2.24) is 5.06 Å². The Labute approximate surface area is 85.0 Å². The molecule has 80 valence electrons. The number of nitrogens with zero attached hydrogens (tertiary/aromatic N) is 1. The van der Waals surface area contributed by atoms with Crippen molar-refractivity contribution in [3.63, 3.8) is 0 Å². The van der Waals surface area contributed by atoms with Gasteiger partial charge in [0.2, 0.25) is 0 Å². The van der Waals surface area contributed by atoms with E-state index in [1.807, 2.05) is 0 Å². The van der Waals surface area contributed by atoms with Crippen LogP contribution >= 0.6 is 0 Å². The molecule has 1 fully saturated rings. The lowest BCUT2D eigenvalue weighted by Crippen LogP contribution is -2.51. The normalized spacial score (nSPS) is 38.1. The van der Waals surface area contributed by atoms with Crippen molar-refractivity contribution in [1.29, 1.82) is 0 Å². The van der Waals surface area contributed by atoms with Gasteiger partial charge in [-0.1, -0.05) is 0 Å². The summed E-state index contributed by atoms with van der Waals surface area (Å²) in [5.41, 5.74) is -1.02. The van der Waals surface area contributed by atoms with E-state index in [1.54, 1.807) is 7.05 Å². The summed E-state index contributed by atoms with van der Waals surface area (Å²) >= 11 is 0. The van der Waals surface area contributed by atoms with Gasteiger partial charge in [-0.25, -0.2) is 0 Å². The van der Waals surface area contributed by atoms with Crippen LogP contribution in [0.5, 0.6) is 0 Å². The highest BCUT2D eigenvalue weighted by Gasteiger charge is 2.46. The van der Waals surface area contributed by atoms with Gasteiger partial charge >= 0.3 is 0 Å². The Bertz CT molecular complexity index is 194. The Kier molecular flexibility index (Phi) is 3.91. The number of aliphatic hydroxyl groups is 2. The van der Waals surface area contributed by atoms with E-state index in [2.05, 4.69) is 0 Å². The molecule has 2 N–H and O–H groups in total. The molecule has 1 saturated heterocycles. The average molecular weight is 201 g/mol. The quantitative estimate of drug-likeness (QED) is 0.427. The first-order valence-corrected chi connectivity index (χ1v) is 4.51. The van der Waals surface area contributed by atoms with E-state index >= 15 is 0 Å². The number of likely N-dealkylation sites (N-methyl/N-ethyl adjacent to an activating group) is 1. The number of hydrogen-bond acceptors (Lipinski definition) is 5. The minimum absolute atomic E-state index is 0.273. The highest BCUT2D eigenvalue weighted by atomic mass is 16.7. The largest absolute Gasteiger partial charge is 0.393 e. The smallest absolute Gasteiger partial charge is 0.131 e. The molecule has 5 nitrogen and oxygen atoms in total. The monoisotopic (exact) mass is 201 g/mol. The van der Waals surface area contributed by atoms with E-state index in [-0.39, 0.29) is 13.2 Å². The highest BCUT2D eigenvalue weighted by Crippen LogP contribution is 2.30. The highest BCUT2D eigenvalue weighted by molar-refractivity contribution is 6.11. The molecule has 0 aromatic heterocycles. The third kappa shape index (κ3) is 2.27. The topological polar surface area (TPSA) is 62.2 Å². The second kappa shape index (κ2) is 4.59. The molecule has 6 heteroatoms.